The van der Waals surface area contributed by atoms with Crippen molar-refractivity contribution >= 4 is 28.3 Å². The van der Waals surface area contributed by atoms with Crippen molar-refractivity contribution in [3.8, 4) is 11.8 Å². The number of carbonyl (C=O) groups is 1. The number of hydrogen-bond donors (Lipinski definition) is 0. The van der Waals surface area contributed by atoms with Gasteiger partial charge >= 0.3 is 0 Å². The molecule has 0 atom stereocenters. The molecule has 1 heterocycles. The van der Waals surface area contributed by atoms with E-state index in [9.17, 15) is 4.79 Å². The number of rotatable bonds is 1. The molecule has 0 aliphatic heterocycles. The number of hydrogen-bond acceptors (Lipinski definition) is 2. The molecule has 0 N–H and O–H groups in total. The molecule has 3 aromatic rings. The van der Waals surface area contributed by atoms with Crippen LogP contribution in [-0.4, -0.2) is 10.4 Å². The molecule has 3 nitrogen and oxygen atoms in total. The fourth-order valence-electron chi connectivity index (χ4n) is 3.41. The van der Waals surface area contributed by atoms with Crippen LogP contribution in [0.15, 0.2) is 42.5 Å². The van der Waals surface area contributed by atoms with E-state index in [1.165, 1.54) is 0 Å². The second-order valence-corrected chi connectivity index (χ2v) is 6.14. The summed E-state index contributed by atoms with van der Waals surface area (Å²) in [5.41, 5.74) is 4.18. The first-order chi connectivity index (χ1) is 11.2. The van der Waals surface area contributed by atoms with Gasteiger partial charge < -0.3 is 4.57 Å². The van der Waals surface area contributed by atoms with Crippen LogP contribution < -0.4 is 0 Å². The van der Waals surface area contributed by atoms with Gasteiger partial charge in [0.15, 0.2) is 5.78 Å². The Morgan fingerprint density at radius 1 is 1.13 bits per heavy atom. The van der Waals surface area contributed by atoms with Gasteiger partial charge in [-0.25, -0.2) is 0 Å². The minimum Gasteiger partial charge on any atom is -0.311 e. The summed E-state index contributed by atoms with van der Waals surface area (Å²) < 4.78 is 2.07. The highest BCUT2D eigenvalue weighted by Gasteiger charge is 2.26. The second-order valence-electron chi connectivity index (χ2n) is 5.73. The molecule has 0 saturated carbocycles. The van der Waals surface area contributed by atoms with Gasteiger partial charge in [-0.1, -0.05) is 29.8 Å². The number of carbonyl (C=O) groups excluding carboxylic acids is 1. The van der Waals surface area contributed by atoms with Gasteiger partial charge in [0.25, 0.3) is 0 Å². The Labute approximate surface area is 138 Å². The van der Waals surface area contributed by atoms with Crippen LogP contribution in [0.3, 0.4) is 0 Å². The van der Waals surface area contributed by atoms with Crippen LogP contribution >= 0.6 is 11.6 Å². The zero-order valence-electron chi connectivity index (χ0n) is 12.3. The third kappa shape index (κ3) is 2.07. The van der Waals surface area contributed by atoms with E-state index in [-0.39, 0.29) is 5.78 Å². The average Bonchev–Trinajstić information content (AvgIpc) is 2.90. The maximum Gasteiger partial charge on any atom is 0.165 e. The molecule has 0 unspecified atom stereocenters. The molecule has 0 bridgehead atoms. The van der Waals surface area contributed by atoms with Gasteiger partial charge in [0.2, 0.25) is 0 Å². The fraction of sp³-hybridized carbons (Fsp3) is 0.158. The van der Waals surface area contributed by atoms with E-state index in [1.807, 2.05) is 30.3 Å². The lowest BCUT2D eigenvalue weighted by atomic mass is 9.94. The zero-order valence-corrected chi connectivity index (χ0v) is 13.1. The van der Waals surface area contributed by atoms with Gasteiger partial charge in [-0.3, -0.25) is 4.79 Å². The average molecular weight is 321 g/mol. The molecule has 1 aliphatic rings. The number of nitrogens with zero attached hydrogens (tertiary/aromatic N) is 2. The molecular weight excluding hydrogens is 308 g/mol. The number of benzene rings is 2. The van der Waals surface area contributed by atoms with Crippen molar-refractivity contribution in [2.75, 3.05) is 0 Å². The summed E-state index contributed by atoms with van der Waals surface area (Å²) in [6, 6.07) is 15.3. The molecule has 0 saturated heterocycles. The Morgan fingerprint density at radius 2 is 1.96 bits per heavy atom. The number of aromatic nitrogens is 1. The number of halogens is 1. The quantitative estimate of drug-likeness (QED) is 0.653. The Bertz CT molecular complexity index is 995. The standard InChI is InChI=1S/C19H13ClN2O/c20-14-10-12(11-21)8-9-16(14)22-15-5-2-1-4-13(15)19-17(22)6-3-7-18(19)23/h1-2,4-5,8-10H,3,6-7H2. The predicted molar refractivity (Wildman–Crippen MR) is 90.3 cm³/mol. The van der Waals surface area contributed by atoms with E-state index < -0.39 is 0 Å². The van der Waals surface area contributed by atoms with Crippen molar-refractivity contribution in [3.63, 3.8) is 0 Å². The smallest absolute Gasteiger partial charge is 0.165 e. The summed E-state index contributed by atoms with van der Waals surface area (Å²) >= 11 is 6.42. The molecule has 2 aromatic carbocycles. The number of ketones is 1. The van der Waals surface area contributed by atoms with Crippen molar-refractivity contribution in [3.05, 3.63) is 64.3 Å². The van der Waals surface area contributed by atoms with E-state index in [0.29, 0.717) is 17.0 Å². The summed E-state index contributed by atoms with van der Waals surface area (Å²) in [6.45, 7) is 0. The summed E-state index contributed by atoms with van der Waals surface area (Å²) in [4.78, 5) is 12.4. The highest BCUT2D eigenvalue weighted by molar-refractivity contribution is 6.32. The lowest BCUT2D eigenvalue weighted by molar-refractivity contribution is 0.0973. The third-order valence-corrected chi connectivity index (χ3v) is 4.69. The first-order valence-corrected chi connectivity index (χ1v) is 7.94. The molecule has 112 valence electrons. The van der Waals surface area contributed by atoms with Crippen LogP contribution in [-0.2, 0) is 6.42 Å². The van der Waals surface area contributed by atoms with Crippen LogP contribution in [0.1, 0.15) is 34.5 Å². The molecule has 23 heavy (non-hydrogen) atoms. The SMILES string of the molecule is N#Cc1ccc(-n2c3c(c4ccccc42)C(=O)CCC3)c(Cl)c1. The Balaban J connectivity index is 2.09. The van der Waals surface area contributed by atoms with Crippen LogP contribution in [0.25, 0.3) is 16.6 Å². The third-order valence-electron chi connectivity index (χ3n) is 4.39. The van der Waals surface area contributed by atoms with Crippen LogP contribution in [0.5, 0.6) is 0 Å². The van der Waals surface area contributed by atoms with Gasteiger partial charge in [0.05, 0.1) is 27.9 Å². The van der Waals surface area contributed by atoms with Gasteiger partial charge in [-0.05, 0) is 37.1 Å². The first kappa shape index (κ1) is 14.0. The topological polar surface area (TPSA) is 45.8 Å². The molecule has 4 heteroatoms. The maximum atomic E-state index is 12.4. The van der Waals surface area contributed by atoms with Crippen molar-refractivity contribution in [1.29, 1.82) is 5.26 Å². The van der Waals surface area contributed by atoms with Gasteiger partial charge in [0, 0.05) is 23.1 Å². The maximum absolute atomic E-state index is 12.4. The van der Waals surface area contributed by atoms with Crippen molar-refractivity contribution in [2.45, 2.75) is 19.3 Å². The number of fused-ring (bicyclic) bond motifs is 3. The van der Waals surface area contributed by atoms with E-state index in [2.05, 4.69) is 10.6 Å². The zero-order chi connectivity index (χ0) is 16.0. The van der Waals surface area contributed by atoms with Gasteiger partial charge in [-0.2, -0.15) is 5.26 Å². The first-order valence-electron chi connectivity index (χ1n) is 7.56. The molecule has 1 aliphatic carbocycles. The monoisotopic (exact) mass is 320 g/mol. The fourth-order valence-corrected chi connectivity index (χ4v) is 3.68. The lowest BCUT2D eigenvalue weighted by Gasteiger charge is -2.16. The summed E-state index contributed by atoms with van der Waals surface area (Å²) in [6.07, 6.45) is 2.31. The van der Waals surface area contributed by atoms with E-state index in [0.717, 1.165) is 40.7 Å². The minimum absolute atomic E-state index is 0.200. The largest absolute Gasteiger partial charge is 0.311 e. The highest BCUT2D eigenvalue weighted by Crippen LogP contribution is 2.36. The second kappa shape index (κ2) is 5.26. The molecule has 0 fully saturated rings. The molecule has 4 rings (SSSR count). The van der Waals surface area contributed by atoms with E-state index >= 15 is 0 Å². The lowest BCUT2D eigenvalue weighted by Crippen LogP contribution is -2.12. The predicted octanol–water partition coefficient (Wildman–Crippen LogP) is 4.67. The number of para-hydroxylation sites is 1. The van der Waals surface area contributed by atoms with Crippen LogP contribution in [0.4, 0.5) is 0 Å². The summed E-state index contributed by atoms with van der Waals surface area (Å²) in [5.74, 6) is 0.200. The highest BCUT2D eigenvalue weighted by atomic mass is 35.5. The van der Waals surface area contributed by atoms with Crippen LogP contribution in [0, 0.1) is 11.3 Å². The molecule has 0 amide bonds. The van der Waals surface area contributed by atoms with Crippen molar-refractivity contribution in [2.24, 2.45) is 0 Å². The number of Topliss-reactive ketones (excluding diaryl/α,β-unsaturated/α-hetero) is 1. The van der Waals surface area contributed by atoms with Crippen molar-refractivity contribution in [1.82, 2.24) is 4.57 Å². The molecule has 0 spiro atoms. The van der Waals surface area contributed by atoms with Gasteiger partial charge in [0.1, 0.15) is 0 Å². The van der Waals surface area contributed by atoms with Gasteiger partial charge in [-0.15, -0.1) is 0 Å². The Kier molecular flexibility index (Phi) is 3.21. The summed E-state index contributed by atoms with van der Waals surface area (Å²) in [5, 5.41) is 10.5. The molecular formula is C19H13ClN2O. The minimum atomic E-state index is 0.200. The Hall–Kier alpha value is -2.57. The molecule has 1 aromatic heterocycles. The number of nitriles is 1. The molecule has 0 radical (unpaired) electrons. The van der Waals surface area contributed by atoms with Crippen LogP contribution in [0.2, 0.25) is 5.02 Å². The Morgan fingerprint density at radius 3 is 2.74 bits per heavy atom. The normalized spacial score (nSPS) is 13.8. The van der Waals surface area contributed by atoms with E-state index in [4.69, 9.17) is 16.9 Å². The summed E-state index contributed by atoms with van der Waals surface area (Å²) in [7, 11) is 0. The van der Waals surface area contributed by atoms with Crippen molar-refractivity contribution < 1.29 is 4.79 Å². The van der Waals surface area contributed by atoms with E-state index in [1.54, 1.807) is 12.1 Å².